The second-order valence-electron chi connectivity index (χ2n) is 5.51. The van der Waals surface area contributed by atoms with Crippen LogP contribution in [0.5, 0.6) is 11.5 Å². The molecular weight excluding hydrogens is 368 g/mol. The first-order valence-corrected chi connectivity index (χ1v) is 8.97. The molecular formula is C19H16N2O5S. The molecule has 0 unspecified atom stereocenters. The molecule has 3 aromatic rings. The van der Waals surface area contributed by atoms with E-state index in [1.807, 2.05) is 6.07 Å². The molecule has 0 aliphatic rings. The van der Waals surface area contributed by atoms with Gasteiger partial charge in [-0.25, -0.2) is 9.78 Å². The van der Waals surface area contributed by atoms with Crippen molar-refractivity contribution < 1.29 is 19.2 Å². The number of ether oxygens (including phenoxy) is 2. The summed E-state index contributed by atoms with van der Waals surface area (Å²) in [6.07, 6.45) is 0. The number of hydrogen-bond acceptors (Lipinski definition) is 7. The van der Waals surface area contributed by atoms with Crippen molar-refractivity contribution in [1.82, 2.24) is 4.98 Å². The average Bonchev–Trinajstić information content (AvgIpc) is 3.05. The lowest BCUT2D eigenvalue weighted by atomic mass is 10.2. The minimum Gasteiger partial charge on any atom is -0.462 e. The second kappa shape index (κ2) is 7.96. The van der Waals surface area contributed by atoms with Crippen LogP contribution in [0.1, 0.15) is 22.3 Å². The van der Waals surface area contributed by atoms with Crippen molar-refractivity contribution in [3.8, 4) is 22.1 Å². The van der Waals surface area contributed by atoms with E-state index in [0.29, 0.717) is 26.9 Å². The number of carbonyl (C=O) groups excluding carboxylic acids is 1. The normalized spacial score (nSPS) is 10.4. The van der Waals surface area contributed by atoms with Gasteiger partial charge in [0.15, 0.2) is 0 Å². The fourth-order valence-corrected chi connectivity index (χ4v) is 3.36. The van der Waals surface area contributed by atoms with E-state index in [1.54, 1.807) is 44.2 Å². The standard InChI is InChI=1S/C19H16N2O5S/c1-3-25-19(22)17-12(2)20-18(27-17)13-9-10-16(15(11-13)21(23)24)26-14-7-5-4-6-8-14/h4-11H,3H2,1-2H3. The molecule has 7 nitrogen and oxygen atoms in total. The number of thiazole rings is 1. The Hall–Kier alpha value is -3.26. The fourth-order valence-electron chi connectivity index (χ4n) is 2.40. The third kappa shape index (κ3) is 4.12. The Bertz CT molecular complexity index is 985. The zero-order chi connectivity index (χ0) is 19.4. The lowest BCUT2D eigenvalue weighted by molar-refractivity contribution is -0.385. The summed E-state index contributed by atoms with van der Waals surface area (Å²) >= 11 is 1.14. The third-order valence-electron chi connectivity index (χ3n) is 3.63. The lowest BCUT2D eigenvalue weighted by Crippen LogP contribution is -2.03. The smallest absolute Gasteiger partial charge is 0.350 e. The van der Waals surface area contributed by atoms with E-state index < -0.39 is 10.9 Å². The maximum absolute atomic E-state index is 12.0. The van der Waals surface area contributed by atoms with Crippen LogP contribution in [0.2, 0.25) is 0 Å². The lowest BCUT2D eigenvalue weighted by Gasteiger charge is -2.07. The van der Waals surface area contributed by atoms with Crippen molar-refractivity contribution >= 4 is 23.0 Å². The van der Waals surface area contributed by atoms with Crippen LogP contribution in [-0.4, -0.2) is 22.5 Å². The predicted octanol–water partition coefficient (Wildman–Crippen LogP) is 5.00. The highest BCUT2D eigenvalue weighted by atomic mass is 32.1. The quantitative estimate of drug-likeness (QED) is 0.337. The van der Waals surface area contributed by atoms with Gasteiger partial charge in [-0.05, 0) is 38.1 Å². The molecule has 0 N–H and O–H groups in total. The molecule has 0 bridgehead atoms. The van der Waals surface area contributed by atoms with Gasteiger partial charge in [0, 0.05) is 11.6 Å². The molecule has 8 heteroatoms. The molecule has 0 fully saturated rings. The van der Waals surface area contributed by atoms with Crippen LogP contribution in [0.15, 0.2) is 48.5 Å². The minimum absolute atomic E-state index is 0.133. The predicted molar refractivity (Wildman–Crippen MR) is 101 cm³/mol. The molecule has 138 valence electrons. The van der Waals surface area contributed by atoms with E-state index in [2.05, 4.69) is 4.98 Å². The molecule has 1 aromatic heterocycles. The summed E-state index contributed by atoms with van der Waals surface area (Å²) < 4.78 is 10.6. The van der Waals surface area contributed by atoms with E-state index >= 15 is 0 Å². The number of esters is 1. The number of benzene rings is 2. The highest BCUT2D eigenvalue weighted by molar-refractivity contribution is 7.17. The van der Waals surface area contributed by atoms with Crippen LogP contribution >= 0.6 is 11.3 Å². The Morgan fingerprint density at radius 1 is 1.22 bits per heavy atom. The SMILES string of the molecule is CCOC(=O)c1sc(-c2ccc(Oc3ccccc3)c([N+](=O)[O-])c2)nc1C. The zero-order valence-electron chi connectivity index (χ0n) is 14.7. The molecule has 0 atom stereocenters. The molecule has 0 aliphatic carbocycles. The molecule has 0 amide bonds. The van der Waals surface area contributed by atoms with Crippen molar-refractivity contribution in [3.63, 3.8) is 0 Å². The van der Waals surface area contributed by atoms with Crippen LogP contribution in [-0.2, 0) is 4.74 Å². The van der Waals surface area contributed by atoms with Crippen LogP contribution in [0.4, 0.5) is 5.69 Å². The number of hydrogen-bond donors (Lipinski definition) is 0. The number of nitro benzene ring substituents is 1. The summed E-state index contributed by atoms with van der Waals surface area (Å²) in [5, 5.41) is 12.0. The van der Waals surface area contributed by atoms with Gasteiger partial charge in [-0.2, -0.15) is 0 Å². The van der Waals surface area contributed by atoms with Gasteiger partial charge >= 0.3 is 11.7 Å². The number of nitro groups is 1. The summed E-state index contributed by atoms with van der Waals surface area (Å²) in [5.41, 5.74) is 0.883. The summed E-state index contributed by atoms with van der Waals surface area (Å²) in [5.74, 6) is 0.189. The minimum atomic E-state index is -0.505. The van der Waals surface area contributed by atoms with Crippen molar-refractivity contribution in [3.05, 3.63) is 69.2 Å². The zero-order valence-corrected chi connectivity index (χ0v) is 15.5. The number of carbonyl (C=O) groups is 1. The molecule has 27 heavy (non-hydrogen) atoms. The number of aryl methyl sites for hydroxylation is 1. The van der Waals surface area contributed by atoms with Crippen LogP contribution in [0.3, 0.4) is 0 Å². The summed E-state index contributed by atoms with van der Waals surface area (Å²) in [4.78, 5) is 27.7. The van der Waals surface area contributed by atoms with Gasteiger partial charge in [0.1, 0.15) is 15.6 Å². The third-order valence-corrected chi connectivity index (χ3v) is 4.82. The monoisotopic (exact) mass is 384 g/mol. The molecule has 0 radical (unpaired) electrons. The van der Waals surface area contributed by atoms with Crippen molar-refractivity contribution in [2.75, 3.05) is 6.61 Å². The van der Waals surface area contributed by atoms with Crippen molar-refractivity contribution in [2.24, 2.45) is 0 Å². The Balaban J connectivity index is 1.96. The molecule has 1 heterocycles. The van der Waals surface area contributed by atoms with E-state index in [1.165, 1.54) is 12.1 Å². The highest BCUT2D eigenvalue weighted by Crippen LogP contribution is 2.37. The van der Waals surface area contributed by atoms with E-state index in [9.17, 15) is 14.9 Å². The van der Waals surface area contributed by atoms with Crippen LogP contribution < -0.4 is 4.74 Å². The van der Waals surface area contributed by atoms with Gasteiger partial charge in [-0.3, -0.25) is 10.1 Å². The Morgan fingerprint density at radius 2 is 1.96 bits per heavy atom. The van der Waals surface area contributed by atoms with Crippen LogP contribution in [0.25, 0.3) is 10.6 Å². The molecule has 0 aliphatic heterocycles. The van der Waals surface area contributed by atoms with Crippen molar-refractivity contribution in [1.29, 1.82) is 0 Å². The Kier molecular flexibility index (Phi) is 5.46. The number of aromatic nitrogens is 1. The summed E-state index contributed by atoms with van der Waals surface area (Å²) in [6.45, 7) is 3.69. The molecule has 0 saturated carbocycles. The number of para-hydroxylation sites is 1. The van der Waals surface area contributed by atoms with Gasteiger partial charge in [-0.15, -0.1) is 11.3 Å². The van der Waals surface area contributed by atoms with Gasteiger partial charge in [-0.1, -0.05) is 18.2 Å². The number of nitrogens with zero attached hydrogens (tertiary/aromatic N) is 2. The van der Waals surface area contributed by atoms with Gasteiger partial charge in [0.05, 0.1) is 17.2 Å². The molecule has 0 saturated heterocycles. The maximum atomic E-state index is 12.0. The van der Waals surface area contributed by atoms with E-state index in [4.69, 9.17) is 9.47 Å². The first-order chi connectivity index (χ1) is 13.0. The molecule has 2 aromatic carbocycles. The maximum Gasteiger partial charge on any atom is 0.350 e. The van der Waals surface area contributed by atoms with Gasteiger partial charge in [0.25, 0.3) is 0 Å². The van der Waals surface area contributed by atoms with E-state index in [-0.39, 0.29) is 18.0 Å². The van der Waals surface area contributed by atoms with Gasteiger partial charge in [0.2, 0.25) is 5.75 Å². The Morgan fingerprint density at radius 3 is 2.63 bits per heavy atom. The summed E-state index contributed by atoms with van der Waals surface area (Å²) in [7, 11) is 0. The first kappa shape index (κ1) is 18.5. The van der Waals surface area contributed by atoms with Crippen LogP contribution in [0, 0.1) is 17.0 Å². The molecule has 3 rings (SSSR count). The molecule has 0 spiro atoms. The summed E-state index contributed by atoms with van der Waals surface area (Å²) in [6, 6.07) is 13.4. The topological polar surface area (TPSA) is 91.6 Å². The Labute approximate surface area is 159 Å². The largest absolute Gasteiger partial charge is 0.462 e. The van der Waals surface area contributed by atoms with Gasteiger partial charge < -0.3 is 9.47 Å². The highest BCUT2D eigenvalue weighted by Gasteiger charge is 2.21. The van der Waals surface area contributed by atoms with E-state index in [0.717, 1.165) is 11.3 Å². The van der Waals surface area contributed by atoms with Crippen molar-refractivity contribution in [2.45, 2.75) is 13.8 Å². The number of rotatable bonds is 6. The average molecular weight is 384 g/mol. The fraction of sp³-hybridized carbons (Fsp3) is 0.158. The first-order valence-electron chi connectivity index (χ1n) is 8.16. The second-order valence-corrected chi connectivity index (χ2v) is 6.51.